The average Bonchev–Trinajstić information content (AvgIpc) is 2.14. The molecule has 0 spiro atoms. The van der Waals surface area contributed by atoms with Crippen LogP contribution in [0, 0.1) is 0 Å². The highest BCUT2D eigenvalue weighted by Crippen LogP contribution is 2.06. The molecule has 6 heteroatoms. The van der Waals surface area contributed by atoms with Crippen LogP contribution in [-0.4, -0.2) is 32.0 Å². The normalized spacial score (nSPS) is 11.3. The number of nitrogens with zero attached hydrogens (tertiary/aromatic N) is 1. The Balaban J connectivity index is 2.29. The van der Waals surface area contributed by atoms with Gasteiger partial charge in [0, 0.05) is 12.8 Å². The lowest BCUT2D eigenvalue weighted by Crippen LogP contribution is -2.09. The average molecular weight is 229 g/mol. The molecule has 0 fully saturated rings. The van der Waals surface area contributed by atoms with Crippen molar-refractivity contribution in [2.75, 3.05) is 29.6 Å². The number of hydrogen-bond acceptors (Lipinski definition) is 5. The van der Waals surface area contributed by atoms with Gasteiger partial charge in [0.2, 0.25) is 0 Å². The van der Waals surface area contributed by atoms with E-state index >= 15 is 0 Å². The Morgan fingerprint density at radius 3 is 2.73 bits per heavy atom. The molecule has 0 atom stereocenters. The first-order chi connectivity index (χ1) is 6.97. The van der Waals surface area contributed by atoms with Gasteiger partial charge in [0.05, 0.1) is 17.6 Å². The highest BCUT2D eigenvalue weighted by molar-refractivity contribution is 7.90. The van der Waals surface area contributed by atoms with Gasteiger partial charge in [0.1, 0.15) is 15.7 Å². The second-order valence-corrected chi connectivity index (χ2v) is 5.64. The molecule has 0 amide bonds. The Morgan fingerprint density at radius 1 is 1.47 bits per heavy atom. The Labute approximate surface area is 89.6 Å². The zero-order valence-electron chi connectivity index (χ0n) is 8.60. The summed E-state index contributed by atoms with van der Waals surface area (Å²) in [7, 11) is -2.86. The van der Waals surface area contributed by atoms with Crippen molar-refractivity contribution in [3.05, 3.63) is 18.3 Å². The molecule has 3 N–H and O–H groups in total. The van der Waals surface area contributed by atoms with Gasteiger partial charge < -0.3 is 11.1 Å². The third kappa shape index (κ3) is 5.21. The fraction of sp³-hybridized carbons (Fsp3) is 0.444. The van der Waals surface area contributed by atoms with Crippen molar-refractivity contribution in [1.29, 1.82) is 0 Å². The van der Waals surface area contributed by atoms with E-state index in [-0.39, 0.29) is 5.75 Å². The summed E-state index contributed by atoms with van der Waals surface area (Å²) in [5.74, 6) is 0.666. The molecule has 1 aromatic heterocycles. The number of rotatable bonds is 5. The van der Waals surface area contributed by atoms with Crippen LogP contribution >= 0.6 is 0 Å². The molecule has 0 aliphatic rings. The van der Waals surface area contributed by atoms with Crippen LogP contribution in [0.15, 0.2) is 18.3 Å². The van der Waals surface area contributed by atoms with Crippen LogP contribution in [0.4, 0.5) is 11.5 Å². The molecule has 0 bridgehead atoms. The molecule has 0 saturated carbocycles. The second kappa shape index (κ2) is 4.97. The van der Waals surface area contributed by atoms with E-state index in [4.69, 9.17) is 5.73 Å². The molecule has 0 radical (unpaired) electrons. The fourth-order valence-electron chi connectivity index (χ4n) is 1.08. The van der Waals surface area contributed by atoms with E-state index in [9.17, 15) is 8.42 Å². The fourth-order valence-corrected chi connectivity index (χ4v) is 1.75. The van der Waals surface area contributed by atoms with E-state index < -0.39 is 9.84 Å². The Bertz CT molecular complexity index is 400. The number of anilines is 2. The number of nitrogens with two attached hydrogens (primary N) is 1. The van der Waals surface area contributed by atoms with Gasteiger partial charge in [0.25, 0.3) is 0 Å². The van der Waals surface area contributed by atoms with Gasteiger partial charge in [0.15, 0.2) is 0 Å². The zero-order chi connectivity index (χ0) is 11.3. The maximum atomic E-state index is 10.8. The molecular weight excluding hydrogens is 214 g/mol. The molecule has 1 heterocycles. The van der Waals surface area contributed by atoms with Crippen LogP contribution in [0.25, 0.3) is 0 Å². The predicted molar refractivity (Wildman–Crippen MR) is 61.5 cm³/mol. The number of sulfone groups is 1. The quantitative estimate of drug-likeness (QED) is 0.719. The summed E-state index contributed by atoms with van der Waals surface area (Å²) in [5, 5.41) is 3.06. The first-order valence-electron chi connectivity index (χ1n) is 4.60. The Morgan fingerprint density at radius 2 is 2.20 bits per heavy atom. The number of hydrogen-bond donors (Lipinski definition) is 2. The van der Waals surface area contributed by atoms with E-state index in [1.807, 2.05) is 6.07 Å². The second-order valence-electron chi connectivity index (χ2n) is 3.38. The number of nitrogen functional groups attached to an aromatic ring is 1. The van der Waals surface area contributed by atoms with Crippen LogP contribution < -0.4 is 11.1 Å². The third-order valence-corrected chi connectivity index (χ3v) is 2.84. The van der Waals surface area contributed by atoms with Crippen molar-refractivity contribution in [3.8, 4) is 0 Å². The van der Waals surface area contributed by atoms with Gasteiger partial charge in [-0.15, -0.1) is 0 Å². The molecule has 0 saturated heterocycles. The van der Waals surface area contributed by atoms with Crippen molar-refractivity contribution in [1.82, 2.24) is 4.98 Å². The molecule has 5 nitrogen and oxygen atoms in total. The lowest BCUT2D eigenvalue weighted by molar-refractivity contribution is 0.600. The highest BCUT2D eigenvalue weighted by Gasteiger charge is 2.00. The Hall–Kier alpha value is -1.30. The molecular formula is C9H15N3O2S. The number of nitrogens with one attached hydrogen (secondary N) is 1. The zero-order valence-corrected chi connectivity index (χ0v) is 9.42. The molecule has 1 rings (SSSR count). The monoisotopic (exact) mass is 229 g/mol. The molecule has 84 valence electrons. The molecule has 15 heavy (non-hydrogen) atoms. The molecule has 1 aromatic rings. The molecule has 0 aromatic carbocycles. The third-order valence-electron chi connectivity index (χ3n) is 1.81. The first kappa shape index (κ1) is 11.8. The van der Waals surface area contributed by atoms with Crippen molar-refractivity contribution in [2.45, 2.75) is 6.42 Å². The summed E-state index contributed by atoms with van der Waals surface area (Å²) in [4.78, 5) is 3.90. The topological polar surface area (TPSA) is 85.1 Å². The summed E-state index contributed by atoms with van der Waals surface area (Å²) >= 11 is 0. The number of aromatic nitrogens is 1. The summed E-state index contributed by atoms with van der Waals surface area (Å²) < 4.78 is 21.7. The van der Waals surface area contributed by atoms with E-state index in [1.54, 1.807) is 12.3 Å². The van der Waals surface area contributed by atoms with Crippen LogP contribution in [0.2, 0.25) is 0 Å². The van der Waals surface area contributed by atoms with Crippen LogP contribution in [0.1, 0.15) is 6.42 Å². The van der Waals surface area contributed by atoms with E-state index in [1.165, 1.54) is 6.26 Å². The van der Waals surface area contributed by atoms with Crippen LogP contribution in [0.3, 0.4) is 0 Å². The Kier molecular flexibility index (Phi) is 3.90. The van der Waals surface area contributed by atoms with Crippen LogP contribution in [-0.2, 0) is 9.84 Å². The van der Waals surface area contributed by atoms with Gasteiger partial charge in [-0.1, -0.05) is 0 Å². The molecule has 0 unspecified atom stereocenters. The van der Waals surface area contributed by atoms with E-state index in [2.05, 4.69) is 10.3 Å². The lowest BCUT2D eigenvalue weighted by atomic mass is 10.4. The smallest absolute Gasteiger partial charge is 0.147 e. The van der Waals surface area contributed by atoms with Crippen molar-refractivity contribution in [3.63, 3.8) is 0 Å². The summed E-state index contributed by atoms with van der Waals surface area (Å²) in [5.41, 5.74) is 6.27. The summed E-state index contributed by atoms with van der Waals surface area (Å²) in [6.07, 6.45) is 3.44. The highest BCUT2D eigenvalue weighted by atomic mass is 32.2. The van der Waals surface area contributed by atoms with E-state index in [0.29, 0.717) is 18.8 Å². The molecule has 0 aliphatic carbocycles. The van der Waals surface area contributed by atoms with Gasteiger partial charge >= 0.3 is 0 Å². The van der Waals surface area contributed by atoms with Gasteiger partial charge in [-0.05, 0) is 18.6 Å². The van der Waals surface area contributed by atoms with Crippen LogP contribution in [0.5, 0.6) is 0 Å². The summed E-state index contributed by atoms with van der Waals surface area (Å²) in [6.45, 7) is 0.610. The SMILES string of the molecule is CS(=O)(=O)CCCNc1ccc(N)nc1. The van der Waals surface area contributed by atoms with Gasteiger partial charge in [-0.3, -0.25) is 0 Å². The lowest BCUT2D eigenvalue weighted by Gasteiger charge is -2.05. The van der Waals surface area contributed by atoms with Gasteiger partial charge in [-0.25, -0.2) is 13.4 Å². The largest absolute Gasteiger partial charge is 0.384 e. The van der Waals surface area contributed by atoms with E-state index in [0.717, 1.165) is 5.69 Å². The summed E-state index contributed by atoms with van der Waals surface area (Å²) in [6, 6.07) is 3.50. The number of pyridine rings is 1. The van der Waals surface area contributed by atoms with Gasteiger partial charge in [-0.2, -0.15) is 0 Å². The predicted octanol–water partition coefficient (Wildman–Crippen LogP) is 0.510. The van der Waals surface area contributed by atoms with Crippen molar-refractivity contribution in [2.24, 2.45) is 0 Å². The first-order valence-corrected chi connectivity index (χ1v) is 6.66. The maximum absolute atomic E-state index is 10.8. The minimum Gasteiger partial charge on any atom is -0.384 e. The minimum absolute atomic E-state index is 0.197. The standard InChI is InChI=1S/C9H15N3O2S/c1-15(13,14)6-2-5-11-8-3-4-9(10)12-7-8/h3-4,7,11H,2,5-6H2,1H3,(H2,10,12). The maximum Gasteiger partial charge on any atom is 0.147 e. The van der Waals surface area contributed by atoms with Crippen molar-refractivity contribution < 1.29 is 8.42 Å². The van der Waals surface area contributed by atoms with Crippen molar-refractivity contribution >= 4 is 21.3 Å². The minimum atomic E-state index is -2.86. The molecule has 0 aliphatic heterocycles.